The Morgan fingerprint density at radius 2 is 2.15 bits per heavy atom. The van der Waals surface area contributed by atoms with Crippen LogP contribution in [0.15, 0.2) is 64.7 Å². The first-order valence-electron chi connectivity index (χ1n) is 9.67. The number of benzene rings is 1. The Morgan fingerprint density at radius 3 is 2.91 bits per heavy atom. The van der Waals surface area contributed by atoms with E-state index in [-0.39, 0.29) is 16.6 Å². The zero-order valence-electron chi connectivity index (χ0n) is 17.2. The second-order valence-electron chi connectivity index (χ2n) is 6.85. The average molecular weight is 467 g/mol. The molecule has 1 amide bonds. The standard InChI is InChI=1S/C21H17N5O6S/c1-13(31-20(28)18-7-6-16(32-18)11-25-9-3-8-22-25)19(27)24-21-23-17(12-33-21)14-4-2-5-15(10-14)26(29)30/h2-10,12-13H,11H2,1H3,(H,23,24,27). The topological polar surface area (TPSA) is 142 Å². The van der Waals surface area contributed by atoms with E-state index in [1.165, 1.54) is 25.1 Å². The van der Waals surface area contributed by atoms with Crippen molar-refractivity contribution in [3.05, 3.63) is 81.9 Å². The van der Waals surface area contributed by atoms with E-state index in [0.29, 0.717) is 23.6 Å². The van der Waals surface area contributed by atoms with Crippen LogP contribution < -0.4 is 5.32 Å². The number of non-ortho nitro benzene ring substituents is 1. The number of nitro benzene ring substituents is 1. The molecule has 0 aliphatic carbocycles. The quantitative estimate of drug-likeness (QED) is 0.235. The lowest BCUT2D eigenvalue weighted by molar-refractivity contribution is -0.384. The number of rotatable bonds is 8. The average Bonchev–Trinajstić information content (AvgIpc) is 3.56. The molecule has 0 radical (unpaired) electrons. The molecule has 0 saturated carbocycles. The van der Waals surface area contributed by atoms with Gasteiger partial charge in [0.15, 0.2) is 11.2 Å². The first-order valence-corrected chi connectivity index (χ1v) is 10.6. The third-order valence-electron chi connectivity index (χ3n) is 4.48. The molecule has 0 aliphatic rings. The monoisotopic (exact) mass is 467 g/mol. The highest BCUT2D eigenvalue weighted by molar-refractivity contribution is 7.14. The van der Waals surface area contributed by atoms with Gasteiger partial charge in [-0.1, -0.05) is 12.1 Å². The van der Waals surface area contributed by atoms with Gasteiger partial charge in [-0.3, -0.25) is 24.9 Å². The minimum absolute atomic E-state index is 0.0287. The van der Waals surface area contributed by atoms with Crippen LogP contribution in [0.25, 0.3) is 11.3 Å². The molecule has 168 valence electrons. The number of esters is 1. The molecule has 1 unspecified atom stereocenters. The maximum Gasteiger partial charge on any atom is 0.375 e. The van der Waals surface area contributed by atoms with E-state index in [4.69, 9.17) is 9.15 Å². The highest BCUT2D eigenvalue weighted by atomic mass is 32.1. The van der Waals surface area contributed by atoms with Gasteiger partial charge < -0.3 is 9.15 Å². The molecule has 11 nitrogen and oxygen atoms in total. The molecular formula is C21H17N5O6S. The van der Waals surface area contributed by atoms with E-state index < -0.39 is 22.9 Å². The maximum absolute atomic E-state index is 12.4. The first-order chi connectivity index (χ1) is 15.9. The molecule has 0 aliphatic heterocycles. The fraction of sp³-hybridized carbons (Fsp3) is 0.143. The number of hydrogen-bond acceptors (Lipinski definition) is 9. The van der Waals surface area contributed by atoms with Gasteiger partial charge in [-0.05, 0) is 25.1 Å². The van der Waals surface area contributed by atoms with Gasteiger partial charge >= 0.3 is 5.97 Å². The molecule has 12 heteroatoms. The molecule has 1 atom stereocenters. The Balaban J connectivity index is 1.34. The van der Waals surface area contributed by atoms with Crippen LogP contribution in [0, 0.1) is 10.1 Å². The second kappa shape index (κ2) is 9.44. The van der Waals surface area contributed by atoms with Gasteiger partial charge in [0.25, 0.3) is 11.6 Å². The Labute approximate surface area is 190 Å². The van der Waals surface area contributed by atoms with E-state index in [2.05, 4.69) is 15.4 Å². The number of nitrogens with zero attached hydrogens (tertiary/aromatic N) is 4. The molecule has 0 fully saturated rings. The van der Waals surface area contributed by atoms with Gasteiger partial charge in [-0.25, -0.2) is 9.78 Å². The highest BCUT2D eigenvalue weighted by Crippen LogP contribution is 2.27. The number of anilines is 1. The molecule has 4 rings (SSSR count). The van der Waals surface area contributed by atoms with Crippen molar-refractivity contribution in [1.82, 2.24) is 14.8 Å². The maximum atomic E-state index is 12.4. The lowest BCUT2D eigenvalue weighted by atomic mass is 10.1. The number of carbonyl (C=O) groups is 2. The number of ether oxygens (including phenoxy) is 1. The Kier molecular flexibility index (Phi) is 6.26. The van der Waals surface area contributed by atoms with E-state index in [0.717, 1.165) is 11.3 Å². The van der Waals surface area contributed by atoms with Gasteiger partial charge in [0, 0.05) is 35.5 Å². The third-order valence-corrected chi connectivity index (χ3v) is 5.24. The molecule has 1 N–H and O–H groups in total. The molecular weight excluding hydrogens is 450 g/mol. The van der Waals surface area contributed by atoms with Crippen LogP contribution in [0.5, 0.6) is 0 Å². The SMILES string of the molecule is CC(OC(=O)c1ccc(Cn2cccn2)o1)C(=O)Nc1nc(-c2cccc([N+](=O)[O-])c2)cs1. The van der Waals surface area contributed by atoms with Gasteiger partial charge in [-0.15, -0.1) is 11.3 Å². The summed E-state index contributed by atoms with van der Waals surface area (Å²) in [7, 11) is 0. The van der Waals surface area contributed by atoms with Gasteiger partial charge in [0.1, 0.15) is 5.76 Å². The Hall–Kier alpha value is -4.32. The van der Waals surface area contributed by atoms with Crippen molar-refractivity contribution in [2.45, 2.75) is 19.6 Å². The summed E-state index contributed by atoms with van der Waals surface area (Å²) in [5, 5.41) is 19.5. The molecule has 0 bridgehead atoms. The molecule has 0 spiro atoms. The minimum Gasteiger partial charge on any atom is -0.452 e. The number of nitro groups is 1. The van der Waals surface area contributed by atoms with E-state index in [1.54, 1.807) is 46.7 Å². The van der Waals surface area contributed by atoms with Crippen molar-refractivity contribution < 1.29 is 23.7 Å². The van der Waals surface area contributed by atoms with Gasteiger partial charge in [0.2, 0.25) is 5.76 Å². The Bertz CT molecular complexity index is 1300. The number of hydrogen-bond donors (Lipinski definition) is 1. The lowest BCUT2D eigenvalue weighted by Crippen LogP contribution is -2.29. The Morgan fingerprint density at radius 1 is 1.30 bits per heavy atom. The van der Waals surface area contributed by atoms with Crippen molar-refractivity contribution in [3.8, 4) is 11.3 Å². The second-order valence-corrected chi connectivity index (χ2v) is 7.71. The minimum atomic E-state index is -1.11. The third kappa shape index (κ3) is 5.30. The number of aromatic nitrogens is 3. The molecule has 3 aromatic heterocycles. The molecule has 33 heavy (non-hydrogen) atoms. The van der Waals surface area contributed by atoms with Crippen molar-refractivity contribution in [2.24, 2.45) is 0 Å². The normalized spacial score (nSPS) is 11.7. The van der Waals surface area contributed by atoms with Gasteiger partial charge in [0.05, 0.1) is 17.2 Å². The summed E-state index contributed by atoms with van der Waals surface area (Å²) in [5.41, 5.74) is 0.963. The molecule has 4 aromatic rings. The summed E-state index contributed by atoms with van der Waals surface area (Å²) in [6.45, 7) is 1.78. The zero-order valence-corrected chi connectivity index (χ0v) is 18.0. The summed E-state index contributed by atoms with van der Waals surface area (Å²) in [6.07, 6.45) is 2.28. The summed E-state index contributed by atoms with van der Waals surface area (Å²) in [4.78, 5) is 39.5. The van der Waals surface area contributed by atoms with E-state index >= 15 is 0 Å². The van der Waals surface area contributed by atoms with Crippen LogP contribution in [0.2, 0.25) is 0 Å². The lowest BCUT2D eigenvalue weighted by Gasteiger charge is -2.11. The zero-order chi connectivity index (χ0) is 23.4. The van der Waals surface area contributed by atoms with Crippen LogP contribution in [0.1, 0.15) is 23.2 Å². The fourth-order valence-electron chi connectivity index (χ4n) is 2.85. The van der Waals surface area contributed by atoms with Crippen LogP contribution in [0.3, 0.4) is 0 Å². The van der Waals surface area contributed by atoms with Crippen LogP contribution >= 0.6 is 11.3 Å². The predicted molar refractivity (Wildman–Crippen MR) is 118 cm³/mol. The summed E-state index contributed by atoms with van der Waals surface area (Å²) in [6, 6.07) is 10.9. The number of carbonyl (C=O) groups excluding carboxylic acids is 2. The van der Waals surface area contributed by atoms with Crippen molar-refractivity contribution in [3.63, 3.8) is 0 Å². The first kappa shape index (κ1) is 21.9. The largest absolute Gasteiger partial charge is 0.452 e. The molecule has 0 saturated heterocycles. The number of nitrogens with one attached hydrogen (secondary N) is 1. The summed E-state index contributed by atoms with van der Waals surface area (Å²) >= 11 is 1.14. The predicted octanol–water partition coefficient (Wildman–Crippen LogP) is 3.74. The molecule has 3 heterocycles. The van der Waals surface area contributed by atoms with Crippen LogP contribution in [0.4, 0.5) is 10.8 Å². The molecule has 1 aromatic carbocycles. The van der Waals surface area contributed by atoms with E-state index in [1.807, 2.05) is 0 Å². The van der Waals surface area contributed by atoms with E-state index in [9.17, 15) is 19.7 Å². The number of furan rings is 1. The fourth-order valence-corrected chi connectivity index (χ4v) is 3.57. The summed E-state index contributed by atoms with van der Waals surface area (Å²) in [5.74, 6) is -0.870. The number of amides is 1. The van der Waals surface area contributed by atoms with Crippen molar-refractivity contribution >= 4 is 34.0 Å². The van der Waals surface area contributed by atoms with Crippen LogP contribution in [-0.2, 0) is 16.1 Å². The van der Waals surface area contributed by atoms with Crippen molar-refractivity contribution in [2.75, 3.05) is 5.32 Å². The highest BCUT2D eigenvalue weighted by Gasteiger charge is 2.22. The number of thiazole rings is 1. The van der Waals surface area contributed by atoms with Crippen LogP contribution in [-0.4, -0.2) is 37.7 Å². The smallest absolute Gasteiger partial charge is 0.375 e. The van der Waals surface area contributed by atoms with Gasteiger partial charge in [-0.2, -0.15) is 5.10 Å². The van der Waals surface area contributed by atoms with Crippen molar-refractivity contribution in [1.29, 1.82) is 0 Å². The summed E-state index contributed by atoms with van der Waals surface area (Å²) < 4.78 is 12.3.